The molecule has 2 rings (SSSR count). The van der Waals surface area contributed by atoms with Crippen molar-refractivity contribution >= 4 is 38.8 Å². The van der Waals surface area contributed by atoms with Crippen molar-refractivity contribution in [2.24, 2.45) is 0 Å². The molecule has 0 aliphatic rings. The van der Waals surface area contributed by atoms with E-state index in [1.54, 1.807) is 13.0 Å². The molecule has 0 fully saturated rings. The fraction of sp³-hybridized carbons (Fsp3) is 0.375. The van der Waals surface area contributed by atoms with Gasteiger partial charge in [0.2, 0.25) is 0 Å². The zero-order valence-electron chi connectivity index (χ0n) is 13.1. The highest BCUT2D eigenvalue weighted by Gasteiger charge is 2.31. The molecule has 0 aliphatic carbocycles. The van der Waals surface area contributed by atoms with Gasteiger partial charge in [0, 0.05) is 17.0 Å². The number of rotatable bonds is 6. The minimum atomic E-state index is -1.02. The molecular formula is C16H18BrNO5. The minimum Gasteiger partial charge on any atom is -0.481 e. The molecule has 0 bridgehead atoms. The number of amides is 1. The summed E-state index contributed by atoms with van der Waals surface area (Å²) >= 11 is 3.40. The van der Waals surface area contributed by atoms with Crippen LogP contribution >= 0.6 is 15.9 Å². The van der Waals surface area contributed by atoms with E-state index in [0.717, 1.165) is 15.4 Å². The standard InChI is InChI=1S/C16H18BrNO5/c1-9-4-11(17)5-10-6-12(23-14(9)10)15(21)18-16(2,8-22-3)7-13(19)20/h4-6H,7-8H2,1-3H3,(H,18,21)(H,19,20). The Labute approximate surface area is 141 Å². The molecule has 124 valence electrons. The molecule has 1 amide bonds. The second kappa shape index (κ2) is 6.72. The van der Waals surface area contributed by atoms with Crippen LogP contribution in [0.4, 0.5) is 0 Å². The minimum absolute atomic E-state index is 0.0792. The van der Waals surface area contributed by atoms with E-state index in [0.29, 0.717) is 5.58 Å². The van der Waals surface area contributed by atoms with Gasteiger partial charge in [-0.3, -0.25) is 9.59 Å². The summed E-state index contributed by atoms with van der Waals surface area (Å²) in [6, 6.07) is 5.39. The molecule has 1 atom stereocenters. The normalized spacial score (nSPS) is 13.7. The van der Waals surface area contributed by atoms with Gasteiger partial charge in [0.15, 0.2) is 5.76 Å². The quantitative estimate of drug-likeness (QED) is 0.799. The number of benzene rings is 1. The van der Waals surface area contributed by atoms with E-state index in [-0.39, 0.29) is 18.8 Å². The fourth-order valence-corrected chi connectivity index (χ4v) is 3.10. The van der Waals surface area contributed by atoms with Crippen LogP contribution in [-0.4, -0.2) is 36.2 Å². The second-order valence-electron chi connectivity index (χ2n) is 5.77. The van der Waals surface area contributed by atoms with Crippen molar-refractivity contribution in [3.8, 4) is 0 Å². The van der Waals surface area contributed by atoms with Gasteiger partial charge in [-0.25, -0.2) is 0 Å². The van der Waals surface area contributed by atoms with Crippen LogP contribution in [0.2, 0.25) is 0 Å². The Balaban J connectivity index is 2.29. The predicted octanol–water partition coefficient (Wildman–Crippen LogP) is 3.11. The number of carboxylic acid groups (broad SMARTS) is 1. The number of aryl methyl sites for hydroxylation is 1. The Hall–Kier alpha value is -1.86. The zero-order chi connectivity index (χ0) is 17.2. The first-order valence-electron chi connectivity index (χ1n) is 6.97. The Morgan fingerprint density at radius 1 is 1.39 bits per heavy atom. The van der Waals surface area contributed by atoms with Crippen molar-refractivity contribution in [1.29, 1.82) is 0 Å². The lowest BCUT2D eigenvalue weighted by atomic mass is 9.99. The van der Waals surface area contributed by atoms with Gasteiger partial charge in [-0.2, -0.15) is 0 Å². The van der Waals surface area contributed by atoms with Crippen molar-refractivity contribution in [1.82, 2.24) is 5.32 Å². The highest BCUT2D eigenvalue weighted by atomic mass is 79.9. The molecule has 0 aliphatic heterocycles. The van der Waals surface area contributed by atoms with Gasteiger partial charge < -0.3 is 19.6 Å². The number of nitrogens with one attached hydrogen (secondary N) is 1. The first kappa shape index (κ1) is 17.5. The molecule has 1 heterocycles. The molecule has 1 unspecified atom stereocenters. The summed E-state index contributed by atoms with van der Waals surface area (Å²) in [5.74, 6) is -1.36. The van der Waals surface area contributed by atoms with Crippen molar-refractivity contribution in [3.05, 3.63) is 34.0 Å². The summed E-state index contributed by atoms with van der Waals surface area (Å²) in [5.41, 5.74) is 0.510. The summed E-state index contributed by atoms with van der Waals surface area (Å²) in [6.45, 7) is 3.58. The lowest BCUT2D eigenvalue weighted by molar-refractivity contribution is -0.139. The van der Waals surface area contributed by atoms with Crippen molar-refractivity contribution < 1.29 is 23.8 Å². The third-order valence-corrected chi connectivity index (χ3v) is 3.87. The molecule has 2 aromatic rings. The topological polar surface area (TPSA) is 88.8 Å². The van der Waals surface area contributed by atoms with Gasteiger partial charge in [0.25, 0.3) is 5.91 Å². The van der Waals surface area contributed by atoms with Gasteiger partial charge in [-0.1, -0.05) is 15.9 Å². The molecule has 23 heavy (non-hydrogen) atoms. The molecule has 0 saturated carbocycles. The average Bonchev–Trinajstić information content (AvgIpc) is 2.81. The molecule has 0 radical (unpaired) electrons. The van der Waals surface area contributed by atoms with Crippen LogP contribution in [0.1, 0.15) is 29.5 Å². The van der Waals surface area contributed by atoms with Gasteiger partial charge in [-0.15, -0.1) is 0 Å². The summed E-state index contributed by atoms with van der Waals surface area (Å²) in [4.78, 5) is 23.4. The lowest BCUT2D eigenvalue weighted by Crippen LogP contribution is -2.50. The van der Waals surface area contributed by atoms with Gasteiger partial charge in [0.05, 0.1) is 18.6 Å². The molecule has 0 spiro atoms. The number of fused-ring (bicyclic) bond motifs is 1. The molecule has 6 nitrogen and oxygen atoms in total. The van der Waals surface area contributed by atoms with Crippen LogP contribution in [0.3, 0.4) is 0 Å². The number of carboxylic acids is 1. The zero-order valence-corrected chi connectivity index (χ0v) is 14.7. The SMILES string of the molecule is COCC(C)(CC(=O)O)NC(=O)c1cc2cc(Br)cc(C)c2o1. The third-order valence-electron chi connectivity index (χ3n) is 3.41. The predicted molar refractivity (Wildman–Crippen MR) is 88.7 cm³/mol. The van der Waals surface area contributed by atoms with E-state index in [4.69, 9.17) is 14.3 Å². The molecule has 0 saturated heterocycles. The van der Waals surface area contributed by atoms with Crippen molar-refractivity contribution in [2.45, 2.75) is 25.8 Å². The van der Waals surface area contributed by atoms with E-state index in [1.807, 2.05) is 19.1 Å². The largest absolute Gasteiger partial charge is 0.481 e. The molecular weight excluding hydrogens is 366 g/mol. The number of aliphatic carboxylic acids is 1. The number of ether oxygens (including phenoxy) is 1. The van der Waals surface area contributed by atoms with Gasteiger partial charge in [-0.05, 0) is 37.6 Å². The van der Waals surface area contributed by atoms with E-state index in [2.05, 4.69) is 21.2 Å². The molecule has 1 aromatic carbocycles. The molecule has 1 aromatic heterocycles. The Morgan fingerprint density at radius 2 is 2.09 bits per heavy atom. The fourth-order valence-electron chi connectivity index (χ4n) is 2.51. The van der Waals surface area contributed by atoms with Crippen molar-refractivity contribution in [2.75, 3.05) is 13.7 Å². The van der Waals surface area contributed by atoms with Crippen LogP contribution < -0.4 is 5.32 Å². The first-order valence-corrected chi connectivity index (χ1v) is 7.76. The van der Waals surface area contributed by atoms with Crippen LogP contribution in [0, 0.1) is 6.92 Å². The highest BCUT2D eigenvalue weighted by Crippen LogP contribution is 2.27. The van der Waals surface area contributed by atoms with E-state index < -0.39 is 17.4 Å². The number of hydrogen-bond acceptors (Lipinski definition) is 4. The molecule has 2 N–H and O–H groups in total. The summed E-state index contributed by atoms with van der Waals surface area (Å²) < 4.78 is 11.5. The molecule has 7 heteroatoms. The smallest absolute Gasteiger partial charge is 0.305 e. The lowest BCUT2D eigenvalue weighted by Gasteiger charge is -2.27. The number of carbonyl (C=O) groups is 2. The van der Waals surface area contributed by atoms with Crippen molar-refractivity contribution in [3.63, 3.8) is 0 Å². The van der Waals surface area contributed by atoms with E-state index >= 15 is 0 Å². The summed E-state index contributed by atoms with van der Waals surface area (Å²) in [5, 5.41) is 12.5. The monoisotopic (exact) mass is 383 g/mol. The maximum atomic E-state index is 12.4. The third kappa shape index (κ3) is 4.11. The number of carbonyl (C=O) groups excluding carboxylic acids is 1. The Bertz CT molecular complexity index is 754. The average molecular weight is 384 g/mol. The summed E-state index contributed by atoms with van der Waals surface area (Å²) in [7, 11) is 1.45. The Kier molecular flexibility index (Phi) is 5.11. The van der Waals surface area contributed by atoms with Crippen LogP contribution in [0.25, 0.3) is 11.0 Å². The number of methoxy groups -OCH3 is 1. The maximum Gasteiger partial charge on any atom is 0.305 e. The number of halogens is 1. The Morgan fingerprint density at radius 3 is 2.70 bits per heavy atom. The van der Waals surface area contributed by atoms with Crippen LogP contribution in [-0.2, 0) is 9.53 Å². The maximum absolute atomic E-state index is 12.4. The van der Waals surface area contributed by atoms with Gasteiger partial charge >= 0.3 is 5.97 Å². The van der Waals surface area contributed by atoms with Crippen LogP contribution in [0.5, 0.6) is 0 Å². The van der Waals surface area contributed by atoms with Gasteiger partial charge in [0.1, 0.15) is 5.58 Å². The van der Waals surface area contributed by atoms with Crippen LogP contribution in [0.15, 0.2) is 27.1 Å². The second-order valence-corrected chi connectivity index (χ2v) is 6.69. The number of hydrogen-bond donors (Lipinski definition) is 2. The highest BCUT2D eigenvalue weighted by molar-refractivity contribution is 9.10. The van der Waals surface area contributed by atoms with E-state index in [9.17, 15) is 9.59 Å². The summed E-state index contributed by atoms with van der Waals surface area (Å²) in [6.07, 6.45) is -0.253. The first-order chi connectivity index (χ1) is 10.7. The number of furan rings is 1. The van der Waals surface area contributed by atoms with E-state index in [1.165, 1.54) is 7.11 Å².